The molecule has 1 aliphatic heterocycles. The Bertz CT molecular complexity index is 409. The number of aliphatic hydroxyl groups excluding tert-OH is 1. The van der Waals surface area contributed by atoms with Crippen LogP contribution in [0.1, 0.15) is 43.4 Å². The maximum Gasteiger partial charge on any atom is 0.123 e. The molecule has 1 aliphatic rings. The van der Waals surface area contributed by atoms with Crippen LogP contribution in [0.15, 0.2) is 12.1 Å². The average Bonchev–Trinajstić information content (AvgIpc) is 2.55. The van der Waals surface area contributed by atoms with E-state index in [1.165, 1.54) is 11.1 Å². The number of benzene rings is 1. The maximum atomic E-state index is 9.49. The van der Waals surface area contributed by atoms with Crippen LogP contribution in [0.25, 0.3) is 0 Å². The molecular weight excluding hydrogens is 200 g/mol. The van der Waals surface area contributed by atoms with Crippen LogP contribution in [0.2, 0.25) is 0 Å². The van der Waals surface area contributed by atoms with E-state index < -0.39 is 0 Å². The van der Waals surface area contributed by atoms with Gasteiger partial charge in [0.05, 0.1) is 18.6 Å². The second kappa shape index (κ2) is 3.77. The lowest BCUT2D eigenvalue weighted by Gasteiger charge is -2.20. The van der Waals surface area contributed by atoms with E-state index in [1.54, 1.807) is 0 Å². The maximum absolute atomic E-state index is 9.49. The molecule has 0 aliphatic carbocycles. The van der Waals surface area contributed by atoms with E-state index >= 15 is 0 Å². The highest BCUT2D eigenvalue weighted by Gasteiger charge is 2.36. The standard InChI is InChI=1S/C14H20O2/c1-9(2)11-6-12-13(5-10(11)3)16-8-14(12,4)7-15/h5-6,9,15H,7-8H2,1-4H3/t14-/m0/s1. The normalized spacial score (nSPS) is 23.4. The molecule has 0 unspecified atom stereocenters. The summed E-state index contributed by atoms with van der Waals surface area (Å²) in [5.41, 5.74) is 3.55. The quantitative estimate of drug-likeness (QED) is 0.830. The molecule has 0 fully saturated rings. The number of fused-ring (bicyclic) bond motifs is 1. The Kier molecular flexibility index (Phi) is 2.70. The van der Waals surface area contributed by atoms with Crippen molar-refractivity contribution in [3.8, 4) is 5.75 Å². The fourth-order valence-electron chi connectivity index (χ4n) is 2.36. The van der Waals surface area contributed by atoms with E-state index in [0.29, 0.717) is 12.5 Å². The molecule has 0 amide bonds. The van der Waals surface area contributed by atoms with Gasteiger partial charge in [-0.1, -0.05) is 19.9 Å². The van der Waals surface area contributed by atoms with Crippen molar-refractivity contribution in [1.82, 2.24) is 0 Å². The van der Waals surface area contributed by atoms with Crippen molar-refractivity contribution in [2.45, 2.75) is 39.0 Å². The van der Waals surface area contributed by atoms with Crippen LogP contribution in [-0.2, 0) is 5.41 Å². The zero-order valence-corrected chi connectivity index (χ0v) is 10.5. The van der Waals surface area contributed by atoms with E-state index in [1.807, 2.05) is 0 Å². The van der Waals surface area contributed by atoms with Crippen molar-refractivity contribution in [3.05, 3.63) is 28.8 Å². The van der Waals surface area contributed by atoms with E-state index in [9.17, 15) is 5.11 Å². The van der Waals surface area contributed by atoms with E-state index in [0.717, 1.165) is 11.3 Å². The summed E-state index contributed by atoms with van der Waals surface area (Å²) in [6.07, 6.45) is 0. The number of hydrogen-bond donors (Lipinski definition) is 1. The summed E-state index contributed by atoms with van der Waals surface area (Å²) >= 11 is 0. The molecule has 0 saturated heterocycles. The van der Waals surface area contributed by atoms with Gasteiger partial charge in [0, 0.05) is 5.56 Å². The number of aryl methyl sites for hydroxylation is 1. The zero-order valence-electron chi connectivity index (χ0n) is 10.5. The molecule has 2 nitrogen and oxygen atoms in total. The molecule has 0 saturated carbocycles. The van der Waals surface area contributed by atoms with Crippen LogP contribution in [-0.4, -0.2) is 18.3 Å². The Morgan fingerprint density at radius 3 is 2.69 bits per heavy atom. The first-order chi connectivity index (χ1) is 7.48. The minimum atomic E-state index is -0.229. The minimum Gasteiger partial charge on any atom is -0.492 e. The minimum absolute atomic E-state index is 0.139. The van der Waals surface area contributed by atoms with Crippen LogP contribution in [0.3, 0.4) is 0 Å². The summed E-state index contributed by atoms with van der Waals surface area (Å²) in [6.45, 7) is 9.29. The Balaban J connectivity index is 2.55. The van der Waals surface area contributed by atoms with Gasteiger partial charge >= 0.3 is 0 Å². The van der Waals surface area contributed by atoms with Gasteiger partial charge < -0.3 is 9.84 Å². The van der Waals surface area contributed by atoms with Crippen molar-refractivity contribution in [2.24, 2.45) is 0 Å². The summed E-state index contributed by atoms with van der Waals surface area (Å²) in [5.74, 6) is 1.45. The number of ether oxygens (including phenoxy) is 1. The van der Waals surface area contributed by atoms with Gasteiger partial charge in [0.25, 0.3) is 0 Å². The van der Waals surface area contributed by atoms with Crippen molar-refractivity contribution >= 4 is 0 Å². The van der Waals surface area contributed by atoms with Crippen molar-refractivity contribution < 1.29 is 9.84 Å². The van der Waals surface area contributed by atoms with E-state index in [-0.39, 0.29) is 12.0 Å². The molecule has 0 radical (unpaired) electrons. The SMILES string of the molecule is Cc1cc2c(cc1C(C)C)[C@@](C)(CO)CO2. The molecule has 0 bridgehead atoms. The number of hydrogen-bond acceptors (Lipinski definition) is 2. The van der Waals surface area contributed by atoms with Crippen LogP contribution >= 0.6 is 0 Å². The molecule has 16 heavy (non-hydrogen) atoms. The molecule has 2 heteroatoms. The lowest BCUT2D eigenvalue weighted by Crippen LogP contribution is -2.28. The Morgan fingerprint density at radius 1 is 1.44 bits per heavy atom. The second-order valence-corrected chi connectivity index (χ2v) is 5.37. The molecule has 1 atom stereocenters. The van der Waals surface area contributed by atoms with Crippen LogP contribution < -0.4 is 4.74 Å². The first-order valence-electron chi connectivity index (χ1n) is 5.86. The first kappa shape index (κ1) is 11.5. The Labute approximate surface area is 97.3 Å². The highest BCUT2D eigenvalue weighted by atomic mass is 16.5. The molecule has 0 spiro atoms. The molecule has 88 valence electrons. The highest BCUT2D eigenvalue weighted by molar-refractivity contribution is 5.49. The monoisotopic (exact) mass is 220 g/mol. The molecule has 1 heterocycles. The molecule has 1 aromatic carbocycles. The van der Waals surface area contributed by atoms with Gasteiger partial charge in [0.15, 0.2) is 0 Å². The average molecular weight is 220 g/mol. The van der Waals surface area contributed by atoms with E-state index in [2.05, 4.69) is 39.8 Å². The van der Waals surface area contributed by atoms with Gasteiger partial charge in [-0.3, -0.25) is 0 Å². The third-order valence-electron chi connectivity index (χ3n) is 3.54. The molecule has 1 aromatic rings. The van der Waals surface area contributed by atoms with Gasteiger partial charge in [0.1, 0.15) is 5.75 Å². The van der Waals surface area contributed by atoms with Crippen molar-refractivity contribution in [1.29, 1.82) is 0 Å². The zero-order chi connectivity index (χ0) is 11.9. The Hall–Kier alpha value is -1.02. The number of aliphatic hydroxyl groups is 1. The van der Waals surface area contributed by atoms with Gasteiger partial charge in [0.2, 0.25) is 0 Å². The highest BCUT2D eigenvalue weighted by Crippen LogP contribution is 2.41. The molecular formula is C14H20O2. The predicted octanol–water partition coefficient (Wildman–Crippen LogP) is 2.76. The van der Waals surface area contributed by atoms with Gasteiger partial charge in [-0.25, -0.2) is 0 Å². The largest absolute Gasteiger partial charge is 0.492 e. The van der Waals surface area contributed by atoms with Crippen LogP contribution in [0.4, 0.5) is 0 Å². The molecule has 0 aromatic heterocycles. The van der Waals surface area contributed by atoms with Gasteiger partial charge in [-0.2, -0.15) is 0 Å². The third kappa shape index (κ3) is 1.61. The smallest absolute Gasteiger partial charge is 0.123 e. The fraction of sp³-hybridized carbons (Fsp3) is 0.571. The Morgan fingerprint density at radius 2 is 2.12 bits per heavy atom. The summed E-state index contributed by atoms with van der Waals surface area (Å²) in [4.78, 5) is 0. The number of rotatable bonds is 2. The van der Waals surface area contributed by atoms with Gasteiger partial charge in [-0.05, 0) is 37.0 Å². The van der Waals surface area contributed by atoms with Crippen LogP contribution in [0.5, 0.6) is 5.75 Å². The lowest BCUT2D eigenvalue weighted by molar-refractivity contribution is 0.171. The van der Waals surface area contributed by atoms with Crippen molar-refractivity contribution in [2.75, 3.05) is 13.2 Å². The lowest BCUT2D eigenvalue weighted by atomic mass is 9.82. The summed E-state index contributed by atoms with van der Waals surface area (Å²) in [7, 11) is 0. The van der Waals surface area contributed by atoms with Gasteiger partial charge in [-0.15, -0.1) is 0 Å². The molecule has 2 rings (SSSR count). The predicted molar refractivity (Wildman–Crippen MR) is 65.2 cm³/mol. The summed E-state index contributed by atoms with van der Waals surface area (Å²) in [6, 6.07) is 4.31. The third-order valence-corrected chi connectivity index (χ3v) is 3.54. The molecule has 1 N–H and O–H groups in total. The first-order valence-corrected chi connectivity index (χ1v) is 5.86. The fourth-order valence-corrected chi connectivity index (χ4v) is 2.36. The van der Waals surface area contributed by atoms with Crippen LogP contribution in [0, 0.1) is 6.92 Å². The summed E-state index contributed by atoms with van der Waals surface area (Å²) < 4.78 is 5.66. The second-order valence-electron chi connectivity index (χ2n) is 5.37. The summed E-state index contributed by atoms with van der Waals surface area (Å²) in [5, 5.41) is 9.49. The van der Waals surface area contributed by atoms with Crippen molar-refractivity contribution in [3.63, 3.8) is 0 Å². The topological polar surface area (TPSA) is 29.5 Å². The van der Waals surface area contributed by atoms with E-state index in [4.69, 9.17) is 4.74 Å².